The largest absolute Gasteiger partial charge is 0.198 e. The van der Waals surface area contributed by atoms with Gasteiger partial charge in [-0.2, -0.15) is 5.26 Å². The fourth-order valence-corrected chi connectivity index (χ4v) is 1.76. The van der Waals surface area contributed by atoms with Crippen LogP contribution in [0.1, 0.15) is 39.0 Å². The summed E-state index contributed by atoms with van der Waals surface area (Å²) in [5.41, 5.74) is 0.00646. The molecule has 1 fully saturated rings. The molecule has 1 heteroatoms. The Kier molecular flexibility index (Phi) is 2.70. The molecule has 1 rings (SSSR count). The second-order valence-corrected chi connectivity index (χ2v) is 3.37. The Hall–Kier alpha value is -0.770. The fourth-order valence-electron chi connectivity index (χ4n) is 1.76. The molecule has 0 unspecified atom stereocenters. The number of rotatable bonds is 2. The zero-order valence-electron chi connectivity index (χ0n) is 7.14. The molecule has 0 saturated heterocycles. The molecule has 0 aromatic heterocycles. The van der Waals surface area contributed by atoms with Gasteiger partial charge in [0.05, 0.1) is 11.5 Å². The van der Waals surface area contributed by atoms with Gasteiger partial charge < -0.3 is 0 Å². The number of nitriles is 1. The first-order valence-corrected chi connectivity index (χ1v) is 4.35. The molecule has 0 amide bonds. The Morgan fingerprint density at radius 2 is 2.09 bits per heavy atom. The monoisotopic (exact) mass is 149 g/mol. The van der Waals surface area contributed by atoms with E-state index in [0.29, 0.717) is 0 Å². The van der Waals surface area contributed by atoms with E-state index in [2.05, 4.69) is 12.1 Å². The van der Waals surface area contributed by atoms with Crippen molar-refractivity contribution in [2.45, 2.75) is 39.0 Å². The molecule has 0 atom stereocenters. The molecule has 60 valence electrons. The maximum absolute atomic E-state index is 8.96. The van der Waals surface area contributed by atoms with E-state index >= 15 is 0 Å². The van der Waals surface area contributed by atoms with Gasteiger partial charge in [0.1, 0.15) is 0 Å². The Morgan fingerprint density at radius 3 is 2.55 bits per heavy atom. The molecule has 0 spiro atoms. The van der Waals surface area contributed by atoms with E-state index in [-0.39, 0.29) is 5.41 Å². The van der Waals surface area contributed by atoms with Crippen molar-refractivity contribution < 1.29 is 0 Å². The highest BCUT2D eigenvalue weighted by atomic mass is 14.4. The molecule has 0 aromatic rings. The predicted molar refractivity (Wildman–Crippen MR) is 45.9 cm³/mol. The summed E-state index contributed by atoms with van der Waals surface area (Å²) in [4.78, 5) is 0. The van der Waals surface area contributed by atoms with Gasteiger partial charge >= 0.3 is 0 Å². The van der Waals surface area contributed by atoms with Crippen LogP contribution in [-0.2, 0) is 0 Å². The van der Waals surface area contributed by atoms with Crippen LogP contribution >= 0.6 is 0 Å². The third kappa shape index (κ3) is 1.83. The summed E-state index contributed by atoms with van der Waals surface area (Å²) in [7, 11) is 0. The Bertz CT molecular complexity index is 180. The molecule has 11 heavy (non-hydrogen) atoms. The zero-order valence-corrected chi connectivity index (χ0v) is 7.14. The summed E-state index contributed by atoms with van der Waals surface area (Å²) in [5, 5.41) is 8.96. The van der Waals surface area contributed by atoms with Crippen LogP contribution in [-0.4, -0.2) is 0 Å². The number of nitrogens with zero attached hydrogens (tertiary/aromatic N) is 1. The average Bonchev–Trinajstić information content (AvgIpc) is 2.50. The minimum absolute atomic E-state index is 0.00646. The first-order chi connectivity index (χ1) is 5.33. The lowest BCUT2D eigenvalue weighted by Crippen LogP contribution is -2.11. The smallest absolute Gasteiger partial charge is 0.0693 e. The summed E-state index contributed by atoms with van der Waals surface area (Å²) in [6.45, 7) is 2.01. The van der Waals surface area contributed by atoms with Crippen molar-refractivity contribution in [3.05, 3.63) is 12.2 Å². The minimum Gasteiger partial charge on any atom is -0.198 e. The van der Waals surface area contributed by atoms with Crippen molar-refractivity contribution in [1.29, 1.82) is 5.26 Å². The normalized spacial score (nSPS) is 22.2. The van der Waals surface area contributed by atoms with Crippen LogP contribution in [0.2, 0.25) is 0 Å². The minimum atomic E-state index is 0.00646. The van der Waals surface area contributed by atoms with Gasteiger partial charge in [-0.05, 0) is 26.2 Å². The van der Waals surface area contributed by atoms with E-state index in [1.807, 2.05) is 13.0 Å². The highest BCUT2D eigenvalue weighted by Gasteiger charge is 2.32. The molecule has 1 saturated carbocycles. The fraction of sp³-hybridized carbons (Fsp3) is 0.700. The lowest BCUT2D eigenvalue weighted by Gasteiger charge is -2.16. The maximum atomic E-state index is 8.96. The predicted octanol–water partition coefficient (Wildman–Crippen LogP) is 3.04. The molecule has 0 N–H and O–H groups in total. The van der Waals surface area contributed by atoms with Crippen molar-refractivity contribution >= 4 is 0 Å². The van der Waals surface area contributed by atoms with Crippen molar-refractivity contribution in [3.63, 3.8) is 0 Å². The summed E-state index contributed by atoms with van der Waals surface area (Å²) in [6, 6.07) is 2.46. The van der Waals surface area contributed by atoms with Gasteiger partial charge in [0.15, 0.2) is 0 Å². The van der Waals surface area contributed by atoms with Gasteiger partial charge in [-0.1, -0.05) is 25.0 Å². The highest BCUT2D eigenvalue weighted by molar-refractivity contribution is 5.05. The number of allylic oxidation sites excluding steroid dienone is 2. The van der Waals surface area contributed by atoms with Crippen LogP contribution < -0.4 is 0 Å². The molecule has 1 aliphatic rings. The maximum Gasteiger partial charge on any atom is 0.0693 e. The van der Waals surface area contributed by atoms with Crippen LogP contribution in [0.5, 0.6) is 0 Å². The Balaban J connectivity index is 2.54. The van der Waals surface area contributed by atoms with Gasteiger partial charge in [0, 0.05) is 0 Å². The second-order valence-electron chi connectivity index (χ2n) is 3.37. The zero-order chi connectivity index (χ0) is 8.16. The molecule has 0 radical (unpaired) electrons. The van der Waals surface area contributed by atoms with Crippen molar-refractivity contribution in [3.8, 4) is 6.07 Å². The number of hydrogen-bond acceptors (Lipinski definition) is 1. The third-order valence-electron chi connectivity index (χ3n) is 2.54. The summed E-state index contributed by atoms with van der Waals surface area (Å²) in [5.74, 6) is 0. The standard InChI is InChI=1S/C10H15N/c1-2-3-6-10(9-11)7-4-5-8-10/h2-3H,4-8H2,1H3/b3-2+. The van der Waals surface area contributed by atoms with E-state index in [1.54, 1.807) is 0 Å². The number of hydrogen-bond donors (Lipinski definition) is 0. The van der Waals surface area contributed by atoms with Gasteiger partial charge in [-0.15, -0.1) is 0 Å². The van der Waals surface area contributed by atoms with E-state index in [4.69, 9.17) is 5.26 Å². The molecular weight excluding hydrogens is 134 g/mol. The molecule has 0 bridgehead atoms. The van der Waals surface area contributed by atoms with Crippen molar-refractivity contribution in [2.24, 2.45) is 5.41 Å². The van der Waals surface area contributed by atoms with Crippen LogP contribution in [0.15, 0.2) is 12.2 Å². The topological polar surface area (TPSA) is 23.8 Å². The van der Waals surface area contributed by atoms with Crippen LogP contribution in [0, 0.1) is 16.7 Å². The van der Waals surface area contributed by atoms with Gasteiger partial charge in [0.2, 0.25) is 0 Å². The summed E-state index contributed by atoms with van der Waals surface area (Å²) in [6.07, 6.45) is 9.81. The first kappa shape index (κ1) is 8.33. The second kappa shape index (κ2) is 3.57. The van der Waals surface area contributed by atoms with Crippen molar-refractivity contribution in [2.75, 3.05) is 0 Å². The van der Waals surface area contributed by atoms with Gasteiger partial charge in [0.25, 0.3) is 0 Å². The molecule has 1 nitrogen and oxygen atoms in total. The summed E-state index contributed by atoms with van der Waals surface area (Å²) >= 11 is 0. The molecule has 0 aliphatic heterocycles. The van der Waals surface area contributed by atoms with Gasteiger partial charge in [-0.25, -0.2) is 0 Å². The van der Waals surface area contributed by atoms with E-state index in [9.17, 15) is 0 Å². The SMILES string of the molecule is C/C=C/CC1(C#N)CCCC1. The lowest BCUT2D eigenvalue weighted by atomic mass is 9.84. The lowest BCUT2D eigenvalue weighted by molar-refractivity contribution is 0.416. The van der Waals surface area contributed by atoms with Crippen LogP contribution in [0.25, 0.3) is 0 Å². The average molecular weight is 149 g/mol. The molecular formula is C10H15N. The third-order valence-corrected chi connectivity index (χ3v) is 2.54. The highest BCUT2D eigenvalue weighted by Crippen LogP contribution is 2.40. The summed E-state index contributed by atoms with van der Waals surface area (Å²) < 4.78 is 0. The Morgan fingerprint density at radius 1 is 1.45 bits per heavy atom. The molecule has 1 aliphatic carbocycles. The molecule has 0 heterocycles. The molecule has 0 aromatic carbocycles. The van der Waals surface area contributed by atoms with E-state index in [0.717, 1.165) is 19.3 Å². The van der Waals surface area contributed by atoms with Gasteiger partial charge in [-0.3, -0.25) is 0 Å². The van der Waals surface area contributed by atoms with E-state index in [1.165, 1.54) is 12.8 Å². The quantitative estimate of drug-likeness (QED) is 0.553. The first-order valence-electron chi connectivity index (χ1n) is 4.35. The van der Waals surface area contributed by atoms with Crippen LogP contribution in [0.3, 0.4) is 0 Å². The van der Waals surface area contributed by atoms with Crippen molar-refractivity contribution in [1.82, 2.24) is 0 Å². The Labute approximate surface area is 68.7 Å². The van der Waals surface area contributed by atoms with Crippen LogP contribution in [0.4, 0.5) is 0 Å². The van der Waals surface area contributed by atoms with E-state index < -0.39 is 0 Å².